The van der Waals surface area contributed by atoms with Crippen LogP contribution in [0.5, 0.6) is 0 Å². The molecule has 4 heteroatoms. The normalized spacial score (nSPS) is 23.8. The van der Waals surface area contributed by atoms with Crippen LogP contribution in [0.15, 0.2) is 18.2 Å². The van der Waals surface area contributed by atoms with Gasteiger partial charge in [-0.3, -0.25) is 10.3 Å². The Bertz CT molecular complexity index is 523. The van der Waals surface area contributed by atoms with Gasteiger partial charge in [0.1, 0.15) is 11.7 Å². The van der Waals surface area contributed by atoms with E-state index >= 15 is 0 Å². The van der Waals surface area contributed by atoms with E-state index < -0.39 is 0 Å². The van der Waals surface area contributed by atoms with Gasteiger partial charge in [0.25, 0.3) is 0 Å². The molecule has 1 aromatic rings. The summed E-state index contributed by atoms with van der Waals surface area (Å²) >= 11 is 0. The van der Waals surface area contributed by atoms with Crippen LogP contribution >= 0.6 is 0 Å². The minimum atomic E-state index is -0.318. The number of amidine groups is 1. The summed E-state index contributed by atoms with van der Waals surface area (Å²) in [5, 5.41) is 7.46. The van der Waals surface area contributed by atoms with E-state index in [4.69, 9.17) is 11.1 Å². The number of nitrogens with zero attached hydrogens (tertiary/aromatic N) is 1. The standard InChI is InChI=1S/C17H24FN3/c18-16-13(7-3-8-14(16)17(19)20)11-21-10-4-9-15(21)12-5-1-2-6-12/h3,7-8,12,15H,1-2,4-6,9-11H2,(H3,19,20). The first-order valence-corrected chi connectivity index (χ1v) is 8.02. The van der Waals surface area contributed by atoms with Gasteiger partial charge in [0.2, 0.25) is 0 Å². The highest BCUT2D eigenvalue weighted by Gasteiger charge is 2.33. The quantitative estimate of drug-likeness (QED) is 0.660. The van der Waals surface area contributed by atoms with Gasteiger partial charge in [0.15, 0.2) is 0 Å². The molecule has 3 rings (SSSR count). The van der Waals surface area contributed by atoms with E-state index in [2.05, 4.69) is 4.90 Å². The van der Waals surface area contributed by atoms with Gasteiger partial charge in [-0.05, 0) is 44.2 Å². The number of nitrogen functional groups attached to an aromatic ring is 1. The highest BCUT2D eigenvalue weighted by Crippen LogP contribution is 2.36. The van der Waals surface area contributed by atoms with Gasteiger partial charge in [-0.1, -0.05) is 25.0 Å². The summed E-state index contributed by atoms with van der Waals surface area (Å²) in [7, 11) is 0. The zero-order valence-electron chi connectivity index (χ0n) is 12.4. The van der Waals surface area contributed by atoms with E-state index in [1.807, 2.05) is 6.07 Å². The van der Waals surface area contributed by atoms with Crippen molar-refractivity contribution in [1.29, 1.82) is 5.41 Å². The molecule has 1 aliphatic carbocycles. The third kappa shape index (κ3) is 2.95. The molecule has 1 saturated heterocycles. The predicted molar refractivity (Wildman–Crippen MR) is 82.8 cm³/mol. The van der Waals surface area contributed by atoms with Gasteiger partial charge in [-0.25, -0.2) is 4.39 Å². The lowest BCUT2D eigenvalue weighted by molar-refractivity contribution is 0.181. The van der Waals surface area contributed by atoms with Crippen LogP contribution in [-0.4, -0.2) is 23.3 Å². The maximum absolute atomic E-state index is 14.4. The predicted octanol–water partition coefficient (Wildman–Crippen LogP) is 3.26. The molecule has 0 amide bonds. The highest BCUT2D eigenvalue weighted by atomic mass is 19.1. The Hall–Kier alpha value is -1.42. The average molecular weight is 289 g/mol. The molecular formula is C17H24FN3. The zero-order chi connectivity index (χ0) is 14.8. The van der Waals surface area contributed by atoms with Crippen LogP contribution in [0, 0.1) is 17.1 Å². The zero-order valence-corrected chi connectivity index (χ0v) is 12.4. The Labute approximate surface area is 125 Å². The lowest BCUT2D eigenvalue weighted by Gasteiger charge is -2.29. The first-order valence-electron chi connectivity index (χ1n) is 8.02. The molecule has 1 aromatic carbocycles. The number of nitrogens with two attached hydrogens (primary N) is 1. The van der Waals surface area contributed by atoms with Crippen LogP contribution < -0.4 is 5.73 Å². The number of likely N-dealkylation sites (tertiary alicyclic amines) is 1. The summed E-state index contributed by atoms with van der Waals surface area (Å²) in [5.74, 6) is 0.289. The summed E-state index contributed by atoms with van der Waals surface area (Å²) in [4.78, 5) is 2.44. The Morgan fingerprint density at radius 1 is 1.24 bits per heavy atom. The van der Waals surface area contributed by atoms with Crippen LogP contribution in [0.1, 0.15) is 49.7 Å². The smallest absolute Gasteiger partial charge is 0.138 e. The van der Waals surface area contributed by atoms with E-state index in [-0.39, 0.29) is 17.2 Å². The van der Waals surface area contributed by atoms with Crippen molar-refractivity contribution in [3.8, 4) is 0 Å². The molecule has 1 saturated carbocycles. The SMILES string of the molecule is N=C(N)c1cccc(CN2CCCC2C2CCCC2)c1F. The van der Waals surface area contributed by atoms with Crippen molar-refractivity contribution < 1.29 is 4.39 Å². The van der Waals surface area contributed by atoms with Crippen molar-refractivity contribution in [3.05, 3.63) is 35.1 Å². The second kappa shape index (κ2) is 6.14. The number of benzene rings is 1. The fourth-order valence-corrected chi connectivity index (χ4v) is 4.05. The molecule has 3 N–H and O–H groups in total. The molecule has 3 nitrogen and oxygen atoms in total. The fourth-order valence-electron chi connectivity index (χ4n) is 4.05. The summed E-state index contributed by atoms with van der Waals surface area (Å²) in [6, 6.07) is 5.83. The van der Waals surface area contributed by atoms with Crippen molar-refractivity contribution >= 4 is 5.84 Å². The number of nitrogens with one attached hydrogen (secondary N) is 1. The maximum Gasteiger partial charge on any atom is 0.138 e. The fraction of sp³-hybridized carbons (Fsp3) is 0.588. The molecule has 1 atom stereocenters. The molecular weight excluding hydrogens is 265 g/mol. The van der Waals surface area contributed by atoms with Gasteiger partial charge in [0, 0.05) is 18.2 Å². The molecule has 0 spiro atoms. The van der Waals surface area contributed by atoms with Crippen LogP contribution in [0.25, 0.3) is 0 Å². The second-order valence-electron chi connectivity index (χ2n) is 6.42. The molecule has 2 fully saturated rings. The average Bonchev–Trinajstić information content (AvgIpc) is 3.11. The summed E-state index contributed by atoms with van der Waals surface area (Å²) in [6.07, 6.45) is 7.83. The van der Waals surface area contributed by atoms with Gasteiger partial charge < -0.3 is 5.73 Å². The van der Waals surface area contributed by atoms with Gasteiger partial charge in [-0.15, -0.1) is 0 Å². The first kappa shape index (κ1) is 14.5. The molecule has 0 radical (unpaired) electrons. The lowest BCUT2D eigenvalue weighted by Crippen LogP contribution is -2.34. The largest absolute Gasteiger partial charge is 0.384 e. The van der Waals surface area contributed by atoms with Crippen LogP contribution in [0.4, 0.5) is 4.39 Å². The number of hydrogen-bond donors (Lipinski definition) is 2. The number of halogens is 1. The molecule has 114 valence electrons. The minimum absolute atomic E-state index is 0.192. The van der Waals surface area contributed by atoms with E-state index in [1.165, 1.54) is 38.5 Å². The van der Waals surface area contributed by atoms with E-state index in [0.717, 1.165) is 12.5 Å². The third-order valence-electron chi connectivity index (χ3n) is 5.10. The monoisotopic (exact) mass is 289 g/mol. The van der Waals surface area contributed by atoms with Crippen molar-refractivity contribution in [3.63, 3.8) is 0 Å². The number of hydrogen-bond acceptors (Lipinski definition) is 2. The Morgan fingerprint density at radius 3 is 2.71 bits per heavy atom. The Balaban J connectivity index is 1.76. The molecule has 1 heterocycles. The molecule has 2 aliphatic rings. The van der Waals surface area contributed by atoms with E-state index in [1.54, 1.807) is 12.1 Å². The van der Waals surface area contributed by atoms with Crippen molar-refractivity contribution in [2.24, 2.45) is 11.7 Å². The molecule has 21 heavy (non-hydrogen) atoms. The Morgan fingerprint density at radius 2 is 2.00 bits per heavy atom. The van der Waals surface area contributed by atoms with Gasteiger partial charge in [-0.2, -0.15) is 0 Å². The number of rotatable bonds is 4. The maximum atomic E-state index is 14.4. The molecule has 0 aromatic heterocycles. The molecule has 0 bridgehead atoms. The summed E-state index contributed by atoms with van der Waals surface area (Å²) in [6.45, 7) is 1.71. The van der Waals surface area contributed by atoms with Crippen LogP contribution in [-0.2, 0) is 6.54 Å². The van der Waals surface area contributed by atoms with E-state index in [9.17, 15) is 4.39 Å². The first-order chi connectivity index (χ1) is 10.2. The summed E-state index contributed by atoms with van der Waals surface area (Å²) < 4.78 is 14.4. The minimum Gasteiger partial charge on any atom is -0.384 e. The molecule has 1 aliphatic heterocycles. The summed E-state index contributed by atoms with van der Waals surface area (Å²) in [5.41, 5.74) is 6.35. The Kier molecular flexibility index (Phi) is 4.24. The second-order valence-corrected chi connectivity index (χ2v) is 6.42. The molecule has 1 unspecified atom stereocenters. The van der Waals surface area contributed by atoms with Crippen molar-refractivity contribution in [2.45, 2.75) is 51.1 Å². The van der Waals surface area contributed by atoms with Crippen LogP contribution in [0.3, 0.4) is 0 Å². The topological polar surface area (TPSA) is 53.1 Å². The third-order valence-corrected chi connectivity index (χ3v) is 5.10. The lowest BCUT2D eigenvalue weighted by atomic mass is 9.95. The van der Waals surface area contributed by atoms with E-state index in [0.29, 0.717) is 18.2 Å². The van der Waals surface area contributed by atoms with Crippen molar-refractivity contribution in [2.75, 3.05) is 6.54 Å². The van der Waals surface area contributed by atoms with Crippen molar-refractivity contribution in [1.82, 2.24) is 4.90 Å². The van der Waals surface area contributed by atoms with Crippen LogP contribution in [0.2, 0.25) is 0 Å². The van der Waals surface area contributed by atoms with Gasteiger partial charge >= 0.3 is 0 Å². The van der Waals surface area contributed by atoms with Gasteiger partial charge in [0.05, 0.1) is 5.56 Å². The highest BCUT2D eigenvalue weighted by molar-refractivity contribution is 5.95.